The SMILES string of the molecule is CCSCCCC1(N)CCOC1C. The lowest BCUT2D eigenvalue weighted by molar-refractivity contribution is 0.0928. The van der Waals surface area contributed by atoms with Crippen LogP contribution in [0.5, 0.6) is 0 Å². The third-order valence-corrected chi connectivity index (χ3v) is 3.87. The van der Waals surface area contributed by atoms with Gasteiger partial charge >= 0.3 is 0 Å². The number of thioether (sulfide) groups is 1. The number of hydrogen-bond acceptors (Lipinski definition) is 3. The van der Waals surface area contributed by atoms with Gasteiger partial charge in [0.25, 0.3) is 0 Å². The fourth-order valence-corrected chi connectivity index (χ4v) is 2.41. The van der Waals surface area contributed by atoms with Gasteiger partial charge in [0.1, 0.15) is 0 Å². The summed E-state index contributed by atoms with van der Waals surface area (Å²) >= 11 is 2.00. The van der Waals surface area contributed by atoms with Crippen LogP contribution >= 0.6 is 11.8 Å². The zero-order chi connectivity index (χ0) is 9.73. The average molecular weight is 203 g/mol. The minimum absolute atomic E-state index is 0.0334. The smallest absolute Gasteiger partial charge is 0.0727 e. The molecule has 0 aromatic heterocycles. The van der Waals surface area contributed by atoms with Gasteiger partial charge in [0.2, 0.25) is 0 Å². The topological polar surface area (TPSA) is 35.2 Å². The molecule has 0 bridgehead atoms. The van der Waals surface area contributed by atoms with Crippen LogP contribution in [0.4, 0.5) is 0 Å². The quantitative estimate of drug-likeness (QED) is 0.694. The van der Waals surface area contributed by atoms with Gasteiger partial charge in [-0.3, -0.25) is 0 Å². The Morgan fingerprint density at radius 1 is 1.62 bits per heavy atom. The average Bonchev–Trinajstić information content (AvgIpc) is 2.42. The van der Waals surface area contributed by atoms with E-state index in [9.17, 15) is 0 Å². The number of nitrogens with two attached hydrogens (primary N) is 1. The van der Waals surface area contributed by atoms with E-state index in [0.29, 0.717) is 0 Å². The fraction of sp³-hybridized carbons (Fsp3) is 1.00. The van der Waals surface area contributed by atoms with E-state index in [1.165, 1.54) is 17.9 Å². The van der Waals surface area contributed by atoms with E-state index in [1.807, 2.05) is 11.8 Å². The van der Waals surface area contributed by atoms with Gasteiger partial charge in [-0.05, 0) is 37.7 Å². The first kappa shape index (κ1) is 11.3. The molecule has 2 unspecified atom stereocenters. The molecule has 2 nitrogen and oxygen atoms in total. The van der Waals surface area contributed by atoms with E-state index < -0.39 is 0 Å². The highest BCUT2D eigenvalue weighted by atomic mass is 32.2. The molecule has 1 rings (SSSR count). The van der Waals surface area contributed by atoms with Crippen LogP contribution in [-0.2, 0) is 4.74 Å². The van der Waals surface area contributed by atoms with E-state index in [4.69, 9.17) is 10.5 Å². The summed E-state index contributed by atoms with van der Waals surface area (Å²) in [5.41, 5.74) is 6.22. The largest absolute Gasteiger partial charge is 0.377 e. The van der Waals surface area contributed by atoms with Gasteiger partial charge in [0, 0.05) is 12.1 Å². The molecule has 0 amide bonds. The highest BCUT2D eigenvalue weighted by Crippen LogP contribution is 2.28. The van der Waals surface area contributed by atoms with Crippen molar-refractivity contribution in [2.75, 3.05) is 18.1 Å². The molecular weight excluding hydrogens is 182 g/mol. The second-order valence-electron chi connectivity index (χ2n) is 3.80. The molecule has 1 fully saturated rings. The standard InChI is InChI=1S/C10H21NOS/c1-3-13-8-4-5-10(11)6-7-12-9(10)2/h9H,3-8,11H2,1-2H3. The molecule has 2 atom stereocenters. The molecule has 1 heterocycles. The summed E-state index contributed by atoms with van der Waals surface area (Å²) < 4.78 is 5.49. The van der Waals surface area contributed by atoms with Gasteiger partial charge in [0.15, 0.2) is 0 Å². The molecule has 3 heteroatoms. The van der Waals surface area contributed by atoms with Gasteiger partial charge in [-0.2, -0.15) is 11.8 Å². The van der Waals surface area contributed by atoms with Crippen LogP contribution in [-0.4, -0.2) is 29.8 Å². The van der Waals surface area contributed by atoms with Crippen molar-refractivity contribution in [2.24, 2.45) is 5.73 Å². The summed E-state index contributed by atoms with van der Waals surface area (Å²) in [5, 5.41) is 0. The van der Waals surface area contributed by atoms with Gasteiger partial charge in [0.05, 0.1) is 6.10 Å². The Kier molecular flexibility index (Phi) is 4.56. The van der Waals surface area contributed by atoms with Gasteiger partial charge < -0.3 is 10.5 Å². The number of hydrogen-bond donors (Lipinski definition) is 1. The molecule has 1 aliphatic rings. The maximum Gasteiger partial charge on any atom is 0.0727 e. The van der Waals surface area contributed by atoms with Crippen LogP contribution < -0.4 is 5.73 Å². The monoisotopic (exact) mass is 203 g/mol. The predicted molar refractivity (Wildman–Crippen MR) is 59.2 cm³/mol. The molecule has 0 aromatic rings. The van der Waals surface area contributed by atoms with E-state index >= 15 is 0 Å². The molecule has 13 heavy (non-hydrogen) atoms. The number of rotatable bonds is 5. The third-order valence-electron chi connectivity index (χ3n) is 2.88. The van der Waals surface area contributed by atoms with Crippen molar-refractivity contribution in [1.29, 1.82) is 0 Å². The van der Waals surface area contributed by atoms with Crippen molar-refractivity contribution in [3.8, 4) is 0 Å². The van der Waals surface area contributed by atoms with Crippen LogP contribution in [0.1, 0.15) is 33.1 Å². The number of ether oxygens (including phenoxy) is 1. The Hall–Kier alpha value is 0.270. The van der Waals surface area contributed by atoms with E-state index in [0.717, 1.165) is 19.4 Å². The Morgan fingerprint density at radius 3 is 2.92 bits per heavy atom. The highest BCUT2D eigenvalue weighted by molar-refractivity contribution is 7.99. The summed E-state index contributed by atoms with van der Waals surface area (Å²) in [6, 6.07) is 0. The molecule has 0 spiro atoms. The van der Waals surface area contributed by atoms with E-state index in [1.54, 1.807) is 0 Å². The van der Waals surface area contributed by atoms with Gasteiger partial charge in [-0.1, -0.05) is 6.92 Å². The van der Waals surface area contributed by atoms with Crippen LogP contribution in [0, 0.1) is 0 Å². The molecule has 0 radical (unpaired) electrons. The maximum absolute atomic E-state index is 6.25. The summed E-state index contributed by atoms with van der Waals surface area (Å²) in [6.45, 7) is 5.14. The molecule has 0 aromatic carbocycles. The lowest BCUT2D eigenvalue weighted by atomic mass is 9.88. The Balaban J connectivity index is 2.18. The predicted octanol–water partition coefficient (Wildman–Crippen LogP) is 2.03. The fourth-order valence-electron chi connectivity index (χ4n) is 1.77. The Labute approximate surface area is 85.6 Å². The van der Waals surface area contributed by atoms with Gasteiger partial charge in [-0.15, -0.1) is 0 Å². The zero-order valence-corrected chi connectivity index (χ0v) is 9.53. The maximum atomic E-state index is 6.25. The molecule has 1 aliphatic heterocycles. The second-order valence-corrected chi connectivity index (χ2v) is 5.19. The van der Waals surface area contributed by atoms with Crippen LogP contribution in [0.15, 0.2) is 0 Å². The first-order valence-electron chi connectivity index (χ1n) is 5.17. The lowest BCUT2D eigenvalue weighted by Crippen LogP contribution is -2.45. The van der Waals surface area contributed by atoms with E-state index in [-0.39, 0.29) is 11.6 Å². The second kappa shape index (κ2) is 5.23. The summed E-state index contributed by atoms with van der Waals surface area (Å²) in [4.78, 5) is 0. The van der Waals surface area contributed by atoms with Crippen LogP contribution in [0.3, 0.4) is 0 Å². The molecular formula is C10H21NOS. The molecule has 1 saturated heterocycles. The van der Waals surface area contributed by atoms with Gasteiger partial charge in [-0.25, -0.2) is 0 Å². The van der Waals surface area contributed by atoms with Crippen molar-refractivity contribution in [1.82, 2.24) is 0 Å². The van der Waals surface area contributed by atoms with Crippen LogP contribution in [0.25, 0.3) is 0 Å². The highest BCUT2D eigenvalue weighted by Gasteiger charge is 2.36. The van der Waals surface area contributed by atoms with Crippen molar-refractivity contribution >= 4 is 11.8 Å². The first-order chi connectivity index (χ1) is 6.19. The minimum atomic E-state index is -0.0334. The van der Waals surface area contributed by atoms with Crippen molar-refractivity contribution in [3.05, 3.63) is 0 Å². The molecule has 78 valence electrons. The Morgan fingerprint density at radius 2 is 2.38 bits per heavy atom. The van der Waals surface area contributed by atoms with Crippen molar-refractivity contribution < 1.29 is 4.74 Å². The van der Waals surface area contributed by atoms with Crippen LogP contribution in [0.2, 0.25) is 0 Å². The summed E-state index contributed by atoms with van der Waals surface area (Å²) in [5.74, 6) is 2.45. The molecule has 0 aliphatic carbocycles. The first-order valence-corrected chi connectivity index (χ1v) is 6.33. The molecule has 0 saturated carbocycles. The normalized spacial score (nSPS) is 33.9. The minimum Gasteiger partial charge on any atom is -0.377 e. The third kappa shape index (κ3) is 3.15. The molecule has 2 N–H and O–H groups in total. The van der Waals surface area contributed by atoms with E-state index in [2.05, 4.69) is 13.8 Å². The summed E-state index contributed by atoms with van der Waals surface area (Å²) in [6.07, 6.45) is 3.62. The summed E-state index contributed by atoms with van der Waals surface area (Å²) in [7, 11) is 0. The Bertz CT molecular complexity index is 154. The zero-order valence-electron chi connectivity index (χ0n) is 8.71. The van der Waals surface area contributed by atoms with Crippen molar-refractivity contribution in [2.45, 2.75) is 44.8 Å². The van der Waals surface area contributed by atoms with Crippen molar-refractivity contribution in [3.63, 3.8) is 0 Å². The lowest BCUT2D eigenvalue weighted by Gasteiger charge is -2.27.